The molecule has 0 unspecified atom stereocenters. The van der Waals surface area contributed by atoms with Crippen LogP contribution >= 0.6 is 11.6 Å². The van der Waals surface area contributed by atoms with E-state index in [4.69, 9.17) is 20.8 Å². The first-order chi connectivity index (χ1) is 11.6. The smallest absolute Gasteiger partial charge is 0.287 e. The molecule has 0 aliphatic carbocycles. The Morgan fingerprint density at radius 3 is 2.67 bits per heavy atom. The number of benzene rings is 2. The van der Waals surface area contributed by atoms with Crippen molar-refractivity contribution in [2.24, 2.45) is 0 Å². The van der Waals surface area contributed by atoms with E-state index in [0.29, 0.717) is 29.5 Å². The van der Waals surface area contributed by atoms with Crippen molar-refractivity contribution in [3.8, 4) is 5.75 Å². The van der Waals surface area contributed by atoms with Crippen molar-refractivity contribution in [2.75, 3.05) is 6.61 Å². The zero-order valence-electron chi connectivity index (χ0n) is 13.6. The van der Waals surface area contributed by atoms with Gasteiger partial charge in [-0.2, -0.15) is 0 Å². The molecule has 1 amide bonds. The second-order valence-electron chi connectivity index (χ2n) is 5.46. The van der Waals surface area contributed by atoms with Crippen LogP contribution in [0.2, 0.25) is 5.02 Å². The molecule has 5 heteroatoms. The summed E-state index contributed by atoms with van der Waals surface area (Å²) >= 11 is 5.86. The maximum Gasteiger partial charge on any atom is 0.287 e. The van der Waals surface area contributed by atoms with Crippen LogP contribution in [0.3, 0.4) is 0 Å². The molecule has 1 N–H and O–H groups in total. The monoisotopic (exact) mass is 343 g/mol. The van der Waals surface area contributed by atoms with E-state index < -0.39 is 0 Å². The second kappa shape index (κ2) is 6.97. The van der Waals surface area contributed by atoms with Crippen molar-refractivity contribution < 1.29 is 13.9 Å². The number of rotatable bonds is 5. The molecule has 0 aliphatic heterocycles. The first kappa shape index (κ1) is 16.4. The van der Waals surface area contributed by atoms with Gasteiger partial charge in [-0.1, -0.05) is 23.7 Å². The van der Waals surface area contributed by atoms with Crippen LogP contribution in [0.15, 0.2) is 46.9 Å². The number of amides is 1. The summed E-state index contributed by atoms with van der Waals surface area (Å²) in [6, 6.07) is 12.9. The molecule has 1 heterocycles. The summed E-state index contributed by atoms with van der Waals surface area (Å²) in [6.07, 6.45) is 0. The van der Waals surface area contributed by atoms with Gasteiger partial charge in [0.05, 0.1) is 6.61 Å². The van der Waals surface area contributed by atoms with Gasteiger partial charge in [-0.25, -0.2) is 0 Å². The van der Waals surface area contributed by atoms with E-state index in [0.717, 1.165) is 22.3 Å². The summed E-state index contributed by atoms with van der Waals surface area (Å²) < 4.78 is 11.2. The lowest BCUT2D eigenvalue weighted by Gasteiger charge is -2.04. The van der Waals surface area contributed by atoms with Gasteiger partial charge in [-0.15, -0.1) is 0 Å². The van der Waals surface area contributed by atoms with E-state index in [2.05, 4.69) is 5.32 Å². The van der Waals surface area contributed by atoms with E-state index in [9.17, 15) is 4.79 Å². The first-order valence-electron chi connectivity index (χ1n) is 7.77. The molecule has 0 bridgehead atoms. The molecule has 0 radical (unpaired) electrons. The lowest BCUT2D eigenvalue weighted by Crippen LogP contribution is -2.22. The summed E-state index contributed by atoms with van der Waals surface area (Å²) in [5.74, 6) is 0.853. The number of fused-ring (bicyclic) bond motifs is 1. The van der Waals surface area contributed by atoms with Gasteiger partial charge in [-0.05, 0) is 49.7 Å². The third kappa shape index (κ3) is 3.39. The van der Waals surface area contributed by atoms with Crippen LogP contribution in [0.4, 0.5) is 0 Å². The Balaban J connectivity index is 1.79. The molecule has 124 valence electrons. The van der Waals surface area contributed by atoms with Gasteiger partial charge in [0.2, 0.25) is 0 Å². The van der Waals surface area contributed by atoms with Gasteiger partial charge < -0.3 is 14.5 Å². The highest BCUT2D eigenvalue weighted by atomic mass is 35.5. The molecular formula is C19H18ClNO3. The average molecular weight is 344 g/mol. The highest BCUT2D eigenvalue weighted by Gasteiger charge is 2.17. The third-order valence-corrected chi connectivity index (χ3v) is 4.04. The van der Waals surface area contributed by atoms with E-state index >= 15 is 0 Å². The summed E-state index contributed by atoms with van der Waals surface area (Å²) in [4.78, 5) is 12.4. The molecule has 0 spiro atoms. The zero-order valence-corrected chi connectivity index (χ0v) is 14.3. The van der Waals surface area contributed by atoms with E-state index in [1.807, 2.05) is 44.2 Å². The van der Waals surface area contributed by atoms with Crippen LogP contribution in [0.25, 0.3) is 11.0 Å². The van der Waals surface area contributed by atoms with Crippen LogP contribution in [0, 0.1) is 6.92 Å². The fourth-order valence-corrected chi connectivity index (χ4v) is 2.66. The van der Waals surface area contributed by atoms with Crippen LogP contribution in [0.5, 0.6) is 5.75 Å². The Kier molecular flexibility index (Phi) is 4.76. The van der Waals surface area contributed by atoms with Crippen molar-refractivity contribution in [3.05, 3.63) is 64.4 Å². The van der Waals surface area contributed by atoms with Crippen LogP contribution in [-0.2, 0) is 6.54 Å². The predicted octanol–water partition coefficient (Wildman–Crippen LogP) is 4.72. The maximum absolute atomic E-state index is 12.4. The third-order valence-electron chi connectivity index (χ3n) is 3.79. The lowest BCUT2D eigenvalue weighted by molar-refractivity contribution is 0.0924. The second-order valence-corrected chi connectivity index (χ2v) is 5.89. The molecule has 0 saturated heterocycles. The maximum atomic E-state index is 12.4. The van der Waals surface area contributed by atoms with Crippen LogP contribution in [0.1, 0.15) is 28.6 Å². The number of carbonyl (C=O) groups is 1. The number of hydrogen-bond donors (Lipinski definition) is 1. The normalized spacial score (nSPS) is 10.8. The van der Waals surface area contributed by atoms with Gasteiger partial charge >= 0.3 is 0 Å². The van der Waals surface area contributed by atoms with Crippen molar-refractivity contribution >= 4 is 28.5 Å². The molecule has 3 aromatic rings. The van der Waals surface area contributed by atoms with Gasteiger partial charge in [0, 0.05) is 22.5 Å². The quantitative estimate of drug-likeness (QED) is 0.729. The van der Waals surface area contributed by atoms with Crippen molar-refractivity contribution in [1.82, 2.24) is 5.32 Å². The Bertz CT molecular complexity index is 868. The molecule has 4 nitrogen and oxygen atoms in total. The Morgan fingerprint density at radius 2 is 1.96 bits per heavy atom. The summed E-state index contributed by atoms with van der Waals surface area (Å²) in [5, 5.41) is 4.43. The Hall–Kier alpha value is -2.46. The molecule has 24 heavy (non-hydrogen) atoms. The number of aryl methyl sites for hydroxylation is 1. The molecule has 0 atom stereocenters. The molecule has 3 rings (SSSR count). The molecule has 1 aromatic heterocycles. The highest BCUT2D eigenvalue weighted by Crippen LogP contribution is 2.29. The number of carbonyl (C=O) groups excluding carboxylic acids is 1. The molecule has 2 aromatic carbocycles. The van der Waals surface area contributed by atoms with Crippen LogP contribution < -0.4 is 10.1 Å². The lowest BCUT2D eigenvalue weighted by atomic mass is 10.1. The minimum Gasteiger partial charge on any atom is -0.494 e. The number of nitrogens with one attached hydrogen (secondary N) is 1. The van der Waals surface area contributed by atoms with E-state index in [-0.39, 0.29) is 5.91 Å². The van der Waals surface area contributed by atoms with Gasteiger partial charge in [0.25, 0.3) is 5.91 Å². The molecule has 0 fully saturated rings. The Labute approximate surface area is 145 Å². The SMILES string of the molecule is CCOc1ccc2oc(C(=O)NCc3ccc(Cl)cc3)c(C)c2c1. The zero-order chi connectivity index (χ0) is 17.1. The topological polar surface area (TPSA) is 51.5 Å². The first-order valence-corrected chi connectivity index (χ1v) is 8.15. The number of hydrogen-bond acceptors (Lipinski definition) is 3. The van der Waals surface area contributed by atoms with Gasteiger partial charge in [0.1, 0.15) is 11.3 Å². The summed E-state index contributed by atoms with van der Waals surface area (Å²) in [6.45, 7) is 4.81. The standard InChI is InChI=1S/C19H18ClNO3/c1-3-23-15-8-9-17-16(10-15)12(2)18(24-17)19(22)21-11-13-4-6-14(20)7-5-13/h4-10H,3,11H2,1-2H3,(H,21,22). The number of ether oxygens (including phenoxy) is 1. The van der Waals surface area contributed by atoms with Gasteiger partial charge in [0.15, 0.2) is 5.76 Å². The van der Waals surface area contributed by atoms with Crippen molar-refractivity contribution in [3.63, 3.8) is 0 Å². The van der Waals surface area contributed by atoms with E-state index in [1.54, 1.807) is 12.1 Å². The van der Waals surface area contributed by atoms with E-state index in [1.165, 1.54) is 0 Å². The van der Waals surface area contributed by atoms with Gasteiger partial charge in [-0.3, -0.25) is 4.79 Å². The fraction of sp³-hybridized carbons (Fsp3) is 0.211. The average Bonchev–Trinajstić information content (AvgIpc) is 2.91. The van der Waals surface area contributed by atoms with Crippen molar-refractivity contribution in [2.45, 2.75) is 20.4 Å². The number of furan rings is 1. The molecular weight excluding hydrogens is 326 g/mol. The Morgan fingerprint density at radius 1 is 1.21 bits per heavy atom. The van der Waals surface area contributed by atoms with Crippen LogP contribution in [-0.4, -0.2) is 12.5 Å². The highest BCUT2D eigenvalue weighted by molar-refractivity contribution is 6.30. The molecule has 0 aliphatic rings. The van der Waals surface area contributed by atoms with Crippen molar-refractivity contribution in [1.29, 1.82) is 0 Å². The minimum absolute atomic E-state index is 0.239. The number of halogens is 1. The predicted molar refractivity (Wildman–Crippen MR) is 94.7 cm³/mol. The summed E-state index contributed by atoms with van der Waals surface area (Å²) in [7, 11) is 0. The largest absolute Gasteiger partial charge is 0.494 e. The fourth-order valence-electron chi connectivity index (χ4n) is 2.54. The molecule has 0 saturated carbocycles. The minimum atomic E-state index is -0.239. The summed E-state index contributed by atoms with van der Waals surface area (Å²) in [5.41, 5.74) is 2.45.